The summed E-state index contributed by atoms with van der Waals surface area (Å²) in [6.07, 6.45) is 10.9. The van der Waals surface area contributed by atoms with Crippen molar-refractivity contribution in [2.75, 3.05) is 6.54 Å². The van der Waals surface area contributed by atoms with E-state index in [-0.39, 0.29) is 18.4 Å². The number of carboxylic acid groups (broad SMARTS) is 1. The Morgan fingerprint density at radius 3 is 2.79 bits per heavy atom. The minimum Gasteiger partial charge on any atom is -0.481 e. The number of amides is 1. The first-order chi connectivity index (χ1) is 9.16. The molecule has 19 heavy (non-hydrogen) atoms. The first-order valence-electron chi connectivity index (χ1n) is 7.34. The zero-order valence-electron chi connectivity index (χ0n) is 11.4. The summed E-state index contributed by atoms with van der Waals surface area (Å²) in [7, 11) is 0. The zero-order valence-corrected chi connectivity index (χ0v) is 11.4. The molecule has 2 rings (SSSR count). The molecule has 4 heteroatoms. The van der Waals surface area contributed by atoms with Gasteiger partial charge >= 0.3 is 5.97 Å². The van der Waals surface area contributed by atoms with Crippen LogP contribution in [0.5, 0.6) is 0 Å². The van der Waals surface area contributed by atoms with Crippen molar-refractivity contribution in [2.45, 2.75) is 57.4 Å². The SMILES string of the molecule is O=C(O)CCC1CCCCN1C(=O)CC1C=CCC1. The van der Waals surface area contributed by atoms with Gasteiger partial charge in [0.05, 0.1) is 0 Å². The third-order valence-corrected chi connectivity index (χ3v) is 4.19. The van der Waals surface area contributed by atoms with E-state index in [4.69, 9.17) is 5.11 Å². The first kappa shape index (κ1) is 14.1. The van der Waals surface area contributed by atoms with Crippen LogP contribution >= 0.6 is 0 Å². The molecule has 1 aliphatic carbocycles. The third kappa shape index (κ3) is 4.08. The van der Waals surface area contributed by atoms with Gasteiger partial charge in [0, 0.05) is 25.4 Å². The molecule has 106 valence electrons. The van der Waals surface area contributed by atoms with Gasteiger partial charge in [-0.15, -0.1) is 0 Å². The van der Waals surface area contributed by atoms with Gasteiger partial charge in [-0.3, -0.25) is 9.59 Å². The molecule has 1 aliphatic heterocycles. The number of hydrogen-bond donors (Lipinski definition) is 1. The number of rotatable bonds is 5. The average Bonchev–Trinajstić information content (AvgIpc) is 2.89. The lowest BCUT2D eigenvalue weighted by atomic mass is 9.96. The van der Waals surface area contributed by atoms with E-state index in [1.807, 2.05) is 4.90 Å². The molecule has 0 aromatic rings. The number of carbonyl (C=O) groups is 2. The molecule has 1 amide bonds. The quantitative estimate of drug-likeness (QED) is 0.777. The van der Waals surface area contributed by atoms with Crippen molar-refractivity contribution in [3.05, 3.63) is 12.2 Å². The van der Waals surface area contributed by atoms with Gasteiger partial charge in [-0.2, -0.15) is 0 Å². The number of piperidine rings is 1. The molecule has 0 bridgehead atoms. The minimum atomic E-state index is -0.767. The Morgan fingerprint density at radius 2 is 2.11 bits per heavy atom. The maximum absolute atomic E-state index is 12.4. The fourth-order valence-corrected chi connectivity index (χ4v) is 3.13. The topological polar surface area (TPSA) is 57.6 Å². The molecular weight excluding hydrogens is 242 g/mol. The van der Waals surface area contributed by atoms with Crippen LogP contribution < -0.4 is 0 Å². The van der Waals surface area contributed by atoms with E-state index in [9.17, 15) is 9.59 Å². The zero-order chi connectivity index (χ0) is 13.7. The van der Waals surface area contributed by atoms with Crippen molar-refractivity contribution in [1.29, 1.82) is 0 Å². The lowest BCUT2D eigenvalue weighted by molar-refractivity contribution is -0.140. The molecule has 1 heterocycles. The van der Waals surface area contributed by atoms with Gasteiger partial charge in [-0.05, 0) is 44.4 Å². The molecule has 0 aromatic heterocycles. The summed E-state index contributed by atoms with van der Waals surface area (Å²) in [6, 6.07) is 0.141. The third-order valence-electron chi connectivity index (χ3n) is 4.19. The molecule has 0 saturated carbocycles. The van der Waals surface area contributed by atoms with Crippen LogP contribution in [0.25, 0.3) is 0 Å². The molecule has 1 fully saturated rings. The van der Waals surface area contributed by atoms with Crippen LogP contribution in [0, 0.1) is 5.92 Å². The summed E-state index contributed by atoms with van der Waals surface area (Å²) in [5.41, 5.74) is 0. The lowest BCUT2D eigenvalue weighted by Crippen LogP contribution is -2.44. The van der Waals surface area contributed by atoms with E-state index < -0.39 is 5.97 Å². The predicted molar refractivity (Wildman–Crippen MR) is 72.7 cm³/mol. The highest BCUT2D eigenvalue weighted by Gasteiger charge is 2.28. The second-order valence-corrected chi connectivity index (χ2v) is 5.64. The molecular formula is C15H23NO3. The van der Waals surface area contributed by atoms with Crippen molar-refractivity contribution >= 4 is 11.9 Å². The molecule has 2 unspecified atom stereocenters. The number of nitrogens with zero attached hydrogens (tertiary/aromatic N) is 1. The van der Waals surface area contributed by atoms with Crippen LogP contribution in [0.3, 0.4) is 0 Å². The van der Waals surface area contributed by atoms with Crippen molar-refractivity contribution in [2.24, 2.45) is 5.92 Å². The number of aliphatic carboxylic acids is 1. The van der Waals surface area contributed by atoms with Gasteiger partial charge in [-0.1, -0.05) is 12.2 Å². The van der Waals surface area contributed by atoms with Gasteiger partial charge in [0.25, 0.3) is 0 Å². The molecule has 1 saturated heterocycles. The van der Waals surface area contributed by atoms with Gasteiger partial charge in [0.15, 0.2) is 0 Å². The first-order valence-corrected chi connectivity index (χ1v) is 7.34. The second-order valence-electron chi connectivity index (χ2n) is 5.64. The molecule has 0 spiro atoms. The van der Waals surface area contributed by atoms with Gasteiger partial charge < -0.3 is 10.0 Å². The molecule has 1 N–H and O–H groups in total. The molecule has 2 atom stereocenters. The van der Waals surface area contributed by atoms with Crippen LogP contribution in [0.1, 0.15) is 51.4 Å². The predicted octanol–water partition coefficient (Wildman–Crippen LogP) is 2.59. The summed E-state index contributed by atoms with van der Waals surface area (Å²) in [5.74, 6) is -0.155. The minimum absolute atomic E-state index is 0.141. The van der Waals surface area contributed by atoms with E-state index in [1.54, 1.807) is 0 Å². The fraction of sp³-hybridized carbons (Fsp3) is 0.733. The molecule has 0 radical (unpaired) electrons. The molecule has 2 aliphatic rings. The Hall–Kier alpha value is -1.32. The van der Waals surface area contributed by atoms with Crippen molar-refractivity contribution in [3.8, 4) is 0 Å². The summed E-state index contributed by atoms with van der Waals surface area (Å²) in [4.78, 5) is 25.0. The number of carboxylic acids is 1. The number of hydrogen-bond acceptors (Lipinski definition) is 2. The van der Waals surface area contributed by atoms with Crippen molar-refractivity contribution in [3.63, 3.8) is 0 Å². The van der Waals surface area contributed by atoms with Crippen LogP contribution in [0.4, 0.5) is 0 Å². The summed E-state index contributed by atoms with van der Waals surface area (Å²) >= 11 is 0. The van der Waals surface area contributed by atoms with Crippen LogP contribution in [-0.2, 0) is 9.59 Å². The highest BCUT2D eigenvalue weighted by atomic mass is 16.4. The van der Waals surface area contributed by atoms with E-state index in [0.717, 1.165) is 38.6 Å². The van der Waals surface area contributed by atoms with E-state index in [2.05, 4.69) is 12.2 Å². The Morgan fingerprint density at radius 1 is 1.26 bits per heavy atom. The van der Waals surface area contributed by atoms with E-state index in [1.165, 1.54) is 0 Å². The highest BCUT2D eigenvalue weighted by molar-refractivity contribution is 5.77. The summed E-state index contributed by atoms with van der Waals surface area (Å²) < 4.78 is 0. The Kier molecular flexibility index (Phi) is 5.00. The van der Waals surface area contributed by atoms with Crippen molar-refractivity contribution < 1.29 is 14.7 Å². The maximum Gasteiger partial charge on any atom is 0.303 e. The molecule has 4 nitrogen and oxygen atoms in total. The average molecular weight is 265 g/mol. The van der Waals surface area contributed by atoms with Crippen LogP contribution in [0.2, 0.25) is 0 Å². The smallest absolute Gasteiger partial charge is 0.303 e. The fourth-order valence-electron chi connectivity index (χ4n) is 3.13. The van der Waals surface area contributed by atoms with Crippen molar-refractivity contribution in [1.82, 2.24) is 4.90 Å². The monoisotopic (exact) mass is 265 g/mol. The Balaban J connectivity index is 1.88. The van der Waals surface area contributed by atoms with E-state index in [0.29, 0.717) is 18.8 Å². The van der Waals surface area contributed by atoms with Crippen LogP contribution in [0.15, 0.2) is 12.2 Å². The second kappa shape index (κ2) is 6.73. The Labute approximate surface area is 114 Å². The van der Waals surface area contributed by atoms with Gasteiger partial charge in [-0.25, -0.2) is 0 Å². The van der Waals surface area contributed by atoms with Gasteiger partial charge in [0.2, 0.25) is 5.91 Å². The highest BCUT2D eigenvalue weighted by Crippen LogP contribution is 2.26. The Bertz CT molecular complexity index is 364. The standard InChI is InChI=1S/C15H23NO3/c17-14(11-12-5-1-2-6-12)16-10-4-3-7-13(16)8-9-15(18)19/h1,5,12-13H,2-4,6-11H2,(H,18,19). The maximum atomic E-state index is 12.4. The van der Waals surface area contributed by atoms with E-state index >= 15 is 0 Å². The lowest BCUT2D eigenvalue weighted by Gasteiger charge is -2.36. The van der Waals surface area contributed by atoms with Crippen LogP contribution in [-0.4, -0.2) is 34.5 Å². The summed E-state index contributed by atoms with van der Waals surface area (Å²) in [6.45, 7) is 0.805. The number of allylic oxidation sites excluding steroid dienone is 2. The number of carbonyl (C=O) groups excluding carboxylic acids is 1. The summed E-state index contributed by atoms with van der Waals surface area (Å²) in [5, 5.41) is 8.79. The molecule has 0 aromatic carbocycles. The van der Waals surface area contributed by atoms with Gasteiger partial charge in [0.1, 0.15) is 0 Å². The number of likely N-dealkylation sites (tertiary alicyclic amines) is 1. The normalized spacial score (nSPS) is 26.6. The largest absolute Gasteiger partial charge is 0.481 e.